The number of methoxy groups -OCH3 is 1. The number of carbonyl (C=O) groups excluding carboxylic acids is 2. The Labute approximate surface area is 258 Å². The van der Waals surface area contributed by atoms with Crippen LogP contribution in [0.5, 0.6) is 0 Å². The highest BCUT2D eigenvalue weighted by atomic mass is 35.5. The Morgan fingerprint density at radius 3 is 2.47 bits per heavy atom. The Morgan fingerprint density at radius 1 is 1.02 bits per heavy atom. The molecule has 11 heteroatoms. The van der Waals surface area contributed by atoms with Crippen molar-refractivity contribution in [1.29, 1.82) is 0 Å². The van der Waals surface area contributed by atoms with Crippen molar-refractivity contribution in [1.82, 2.24) is 15.0 Å². The van der Waals surface area contributed by atoms with Crippen molar-refractivity contribution in [3.05, 3.63) is 75.5 Å². The summed E-state index contributed by atoms with van der Waals surface area (Å²) in [6.07, 6.45) is 5.49. The summed E-state index contributed by atoms with van der Waals surface area (Å²) in [6, 6.07) is 14.1. The van der Waals surface area contributed by atoms with Gasteiger partial charge in [-0.15, -0.1) is 0 Å². The van der Waals surface area contributed by atoms with Crippen molar-refractivity contribution in [2.45, 2.75) is 69.2 Å². The average molecular weight is 622 g/mol. The first-order valence-electron chi connectivity index (χ1n) is 14.5. The van der Waals surface area contributed by atoms with Crippen LogP contribution in [-0.2, 0) is 16.1 Å². The van der Waals surface area contributed by atoms with Crippen LogP contribution in [0.1, 0.15) is 66.1 Å². The molecule has 1 aliphatic carbocycles. The molecule has 2 atom stereocenters. The standard InChI is InChI=1S/C32H30Cl2N4O5/c1-41-31(39)19-7-11-26-18(13-19)8-12-27(35-26)36-32(40)38-20-9-10-21(38)15-22(14-20)42-16-23-29(37-43-30(23)17-5-6-17)28-24(33)3-2-4-25(28)34/h2-4,7-8,11-13,17,20-22H,5-6,9-10,14-16H2,1H3,(H,35,36,40). The number of aromatic nitrogens is 2. The van der Waals surface area contributed by atoms with Gasteiger partial charge < -0.3 is 18.9 Å². The van der Waals surface area contributed by atoms with Gasteiger partial charge in [0.1, 0.15) is 17.3 Å². The van der Waals surface area contributed by atoms with Crippen molar-refractivity contribution in [2.24, 2.45) is 0 Å². The number of ether oxygens (including phenoxy) is 2. The monoisotopic (exact) mass is 620 g/mol. The third-order valence-corrected chi connectivity index (χ3v) is 9.33. The smallest absolute Gasteiger partial charge is 0.337 e. The summed E-state index contributed by atoms with van der Waals surface area (Å²) in [5.74, 6) is 1.26. The summed E-state index contributed by atoms with van der Waals surface area (Å²) in [5, 5.41) is 9.19. The summed E-state index contributed by atoms with van der Waals surface area (Å²) in [5.41, 5.74) is 3.34. The molecule has 2 unspecified atom stereocenters. The maximum Gasteiger partial charge on any atom is 0.337 e. The molecule has 1 saturated carbocycles. The molecule has 2 bridgehead atoms. The van der Waals surface area contributed by atoms with Crippen LogP contribution < -0.4 is 5.32 Å². The Bertz CT molecular complexity index is 1690. The van der Waals surface area contributed by atoms with Gasteiger partial charge in [0.2, 0.25) is 0 Å². The molecule has 2 aromatic heterocycles. The van der Waals surface area contributed by atoms with Crippen molar-refractivity contribution < 1.29 is 23.6 Å². The first-order valence-corrected chi connectivity index (χ1v) is 15.3. The van der Waals surface area contributed by atoms with Gasteiger partial charge >= 0.3 is 12.0 Å². The molecule has 0 radical (unpaired) electrons. The molecule has 9 nitrogen and oxygen atoms in total. The van der Waals surface area contributed by atoms with Crippen LogP contribution in [0.3, 0.4) is 0 Å². The molecule has 2 amide bonds. The van der Waals surface area contributed by atoms with Crippen molar-refractivity contribution in [3.8, 4) is 11.3 Å². The van der Waals surface area contributed by atoms with E-state index in [1.54, 1.807) is 36.4 Å². The number of anilines is 1. The topological polar surface area (TPSA) is 107 Å². The molecule has 7 rings (SSSR count). The van der Waals surface area contributed by atoms with Crippen LogP contribution in [0.15, 0.2) is 53.1 Å². The molecular weight excluding hydrogens is 591 g/mol. The van der Waals surface area contributed by atoms with Gasteiger partial charge in [0.25, 0.3) is 0 Å². The number of piperidine rings is 1. The predicted molar refractivity (Wildman–Crippen MR) is 162 cm³/mol. The maximum absolute atomic E-state index is 13.4. The lowest BCUT2D eigenvalue weighted by atomic mass is 9.99. The lowest BCUT2D eigenvalue weighted by Gasteiger charge is -2.38. The molecule has 43 heavy (non-hydrogen) atoms. The molecule has 3 fully saturated rings. The normalized spacial score (nSPS) is 21.3. The van der Waals surface area contributed by atoms with Crippen LogP contribution in [0.25, 0.3) is 22.2 Å². The molecule has 3 aliphatic rings. The van der Waals surface area contributed by atoms with E-state index in [4.69, 9.17) is 37.2 Å². The van der Waals surface area contributed by atoms with Crippen LogP contribution >= 0.6 is 23.2 Å². The highest BCUT2D eigenvalue weighted by Crippen LogP contribution is 2.46. The van der Waals surface area contributed by atoms with Gasteiger partial charge in [0.05, 0.1) is 40.9 Å². The Morgan fingerprint density at radius 2 is 1.77 bits per heavy atom. The number of hydrogen-bond acceptors (Lipinski definition) is 7. The maximum atomic E-state index is 13.4. The number of fused-ring (bicyclic) bond motifs is 3. The van der Waals surface area contributed by atoms with Gasteiger partial charge in [0.15, 0.2) is 0 Å². The van der Waals surface area contributed by atoms with Gasteiger partial charge in [-0.25, -0.2) is 14.6 Å². The van der Waals surface area contributed by atoms with Gasteiger partial charge in [-0.1, -0.05) is 34.4 Å². The summed E-state index contributed by atoms with van der Waals surface area (Å²) < 4.78 is 17.1. The second-order valence-corrected chi connectivity index (χ2v) is 12.3. The zero-order valence-corrected chi connectivity index (χ0v) is 25.0. The number of pyridine rings is 1. The summed E-state index contributed by atoms with van der Waals surface area (Å²) in [7, 11) is 1.35. The Kier molecular flexibility index (Phi) is 7.49. The van der Waals surface area contributed by atoms with E-state index < -0.39 is 5.97 Å². The van der Waals surface area contributed by atoms with Gasteiger partial charge in [0, 0.05) is 34.5 Å². The van der Waals surface area contributed by atoms with Gasteiger partial charge in [-0.3, -0.25) is 5.32 Å². The fourth-order valence-corrected chi connectivity index (χ4v) is 7.03. The highest BCUT2D eigenvalue weighted by molar-refractivity contribution is 6.39. The zero-order chi connectivity index (χ0) is 29.7. The van der Waals surface area contributed by atoms with Gasteiger partial charge in [-0.2, -0.15) is 0 Å². The molecule has 2 aromatic carbocycles. The fourth-order valence-electron chi connectivity index (χ4n) is 6.46. The third kappa shape index (κ3) is 5.46. The van der Waals surface area contributed by atoms with E-state index in [1.807, 2.05) is 17.0 Å². The van der Waals surface area contributed by atoms with E-state index in [2.05, 4.69) is 15.5 Å². The van der Waals surface area contributed by atoms with E-state index in [0.717, 1.165) is 55.2 Å². The van der Waals surface area contributed by atoms with Gasteiger partial charge in [-0.05, 0) is 81.0 Å². The van der Waals surface area contributed by atoms with Crippen molar-refractivity contribution >= 4 is 51.9 Å². The SMILES string of the molecule is COC(=O)c1ccc2nc(NC(=O)N3C4CCC3CC(OCc3c(-c5c(Cl)cccc5Cl)noc3C3CC3)C4)ccc2c1. The second kappa shape index (κ2) is 11.4. The molecule has 1 N–H and O–H groups in total. The fraction of sp³-hybridized carbons (Fsp3) is 0.375. The minimum Gasteiger partial charge on any atom is -0.465 e. The Hall–Kier alpha value is -3.66. The number of nitrogens with one attached hydrogen (secondary N) is 1. The number of amides is 2. The van der Waals surface area contributed by atoms with Crippen LogP contribution in [-0.4, -0.2) is 52.3 Å². The number of halogens is 2. The molecular formula is C32H30Cl2N4O5. The quantitative estimate of drug-likeness (QED) is 0.212. The summed E-state index contributed by atoms with van der Waals surface area (Å²) in [4.78, 5) is 31.8. The van der Waals surface area contributed by atoms with Crippen LogP contribution in [0, 0.1) is 0 Å². The number of rotatable bonds is 7. The predicted octanol–water partition coefficient (Wildman–Crippen LogP) is 7.60. The zero-order valence-electron chi connectivity index (χ0n) is 23.5. The highest BCUT2D eigenvalue weighted by Gasteiger charge is 2.44. The van der Waals surface area contributed by atoms with Crippen molar-refractivity contribution in [3.63, 3.8) is 0 Å². The number of hydrogen-bond donors (Lipinski definition) is 1. The largest absolute Gasteiger partial charge is 0.465 e. The second-order valence-electron chi connectivity index (χ2n) is 11.5. The first kappa shape index (κ1) is 28.1. The molecule has 222 valence electrons. The van der Waals surface area contributed by atoms with E-state index in [1.165, 1.54) is 7.11 Å². The summed E-state index contributed by atoms with van der Waals surface area (Å²) >= 11 is 13.0. The van der Waals surface area contributed by atoms with Crippen LogP contribution in [0.4, 0.5) is 10.6 Å². The lowest BCUT2D eigenvalue weighted by Crippen LogP contribution is -2.50. The molecule has 2 saturated heterocycles. The van der Waals surface area contributed by atoms with E-state index in [-0.39, 0.29) is 24.2 Å². The third-order valence-electron chi connectivity index (χ3n) is 8.70. The Balaban J connectivity index is 1.02. The van der Waals surface area contributed by atoms with Crippen molar-refractivity contribution in [2.75, 3.05) is 12.4 Å². The van der Waals surface area contributed by atoms with E-state index in [9.17, 15) is 9.59 Å². The van der Waals surface area contributed by atoms with E-state index in [0.29, 0.717) is 50.7 Å². The number of nitrogens with zero attached hydrogens (tertiary/aromatic N) is 3. The molecule has 2 aliphatic heterocycles. The number of carbonyl (C=O) groups is 2. The first-order chi connectivity index (χ1) is 20.9. The van der Waals surface area contributed by atoms with Crippen LogP contribution in [0.2, 0.25) is 10.0 Å². The molecule has 4 aromatic rings. The molecule has 4 heterocycles. The number of esters is 1. The summed E-state index contributed by atoms with van der Waals surface area (Å²) in [6.45, 7) is 0.348. The molecule has 0 spiro atoms. The van der Waals surface area contributed by atoms with E-state index >= 15 is 0 Å². The number of urea groups is 1. The number of benzene rings is 2. The minimum absolute atomic E-state index is 0.000806. The lowest BCUT2D eigenvalue weighted by molar-refractivity contribution is -0.0158. The minimum atomic E-state index is -0.405. The average Bonchev–Trinajstić information content (AvgIpc) is 3.71.